The van der Waals surface area contributed by atoms with Gasteiger partial charge in [0.15, 0.2) is 5.76 Å². The van der Waals surface area contributed by atoms with Gasteiger partial charge >= 0.3 is 5.97 Å². The molecule has 0 spiro atoms. The molecule has 2 heterocycles. The first-order valence-electron chi connectivity index (χ1n) is 4.48. The number of carbonyl (C=O) groups is 1. The second-order valence-electron chi connectivity index (χ2n) is 3.22. The normalized spacial score (nSPS) is 10.5. The average Bonchev–Trinajstić information content (AvgIpc) is 2.76. The van der Waals surface area contributed by atoms with E-state index in [1.807, 2.05) is 0 Å². The molecule has 0 saturated carbocycles. The van der Waals surface area contributed by atoms with Gasteiger partial charge in [-0.2, -0.15) is 5.10 Å². The first-order valence-corrected chi connectivity index (χ1v) is 4.48. The van der Waals surface area contributed by atoms with E-state index in [1.54, 1.807) is 19.1 Å². The van der Waals surface area contributed by atoms with Gasteiger partial charge in [-0.25, -0.2) is 0 Å². The highest BCUT2D eigenvalue weighted by Crippen LogP contribution is 2.24. The Bertz CT molecular complexity index is 471. The van der Waals surface area contributed by atoms with E-state index in [-0.39, 0.29) is 6.42 Å². The van der Waals surface area contributed by atoms with Crippen LogP contribution in [0.4, 0.5) is 0 Å². The minimum Gasteiger partial charge on any atom is -0.481 e. The van der Waals surface area contributed by atoms with E-state index in [2.05, 4.69) is 10.2 Å². The highest BCUT2D eigenvalue weighted by molar-refractivity contribution is 5.74. The van der Waals surface area contributed by atoms with Crippen molar-refractivity contribution < 1.29 is 14.3 Å². The van der Waals surface area contributed by atoms with E-state index in [4.69, 9.17) is 9.52 Å². The highest BCUT2D eigenvalue weighted by atomic mass is 16.4. The van der Waals surface area contributed by atoms with E-state index in [0.29, 0.717) is 17.0 Å². The third-order valence-corrected chi connectivity index (χ3v) is 2.16. The summed E-state index contributed by atoms with van der Waals surface area (Å²) in [5.74, 6) is -0.303. The maximum atomic E-state index is 10.7. The van der Waals surface area contributed by atoms with Crippen molar-refractivity contribution >= 4 is 5.97 Å². The van der Waals surface area contributed by atoms with Gasteiger partial charge in [0.25, 0.3) is 0 Å². The van der Waals surface area contributed by atoms with Crippen molar-refractivity contribution in [2.45, 2.75) is 13.3 Å². The fraction of sp³-hybridized carbons (Fsp3) is 0.200. The van der Waals surface area contributed by atoms with Crippen LogP contribution in [0.5, 0.6) is 0 Å². The fourth-order valence-corrected chi connectivity index (χ4v) is 1.44. The van der Waals surface area contributed by atoms with Crippen LogP contribution >= 0.6 is 0 Å². The topological polar surface area (TPSA) is 79.1 Å². The van der Waals surface area contributed by atoms with Crippen molar-refractivity contribution in [3.63, 3.8) is 0 Å². The Balaban J connectivity index is 2.44. The number of rotatable bonds is 3. The lowest BCUT2D eigenvalue weighted by atomic mass is 10.1. The summed E-state index contributed by atoms with van der Waals surface area (Å²) >= 11 is 0. The summed E-state index contributed by atoms with van der Waals surface area (Å²) < 4.78 is 5.18. The molecule has 2 N–H and O–H groups in total. The van der Waals surface area contributed by atoms with Crippen LogP contribution in [0, 0.1) is 6.92 Å². The van der Waals surface area contributed by atoms with Gasteiger partial charge in [-0.15, -0.1) is 0 Å². The number of hydrogen-bond donors (Lipinski definition) is 2. The fourth-order valence-electron chi connectivity index (χ4n) is 1.44. The minimum absolute atomic E-state index is 0.0572. The van der Waals surface area contributed by atoms with Crippen LogP contribution < -0.4 is 0 Å². The van der Waals surface area contributed by atoms with Crippen LogP contribution in [0.25, 0.3) is 11.5 Å². The number of hydrogen-bond acceptors (Lipinski definition) is 3. The summed E-state index contributed by atoms with van der Waals surface area (Å²) in [5, 5.41) is 15.5. The molecular formula is C10H10N2O3. The Morgan fingerprint density at radius 2 is 2.47 bits per heavy atom. The SMILES string of the molecule is Cc1[nH]nc(-c2ccco2)c1CC(=O)O. The zero-order valence-electron chi connectivity index (χ0n) is 8.15. The number of nitrogens with one attached hydrogen (secondary N) is 1. The van der Waals surface area contributed by atoms with Crippen LogP contribution in [0.15, 0.2) is 22.8 Å². The van der Waals surface area contributed by atoms with Crippen LogP contribution in [0.3, 0.4) is 0 Å². The summed E-state index contributed by atoms with van der Waals surface area (Å²) in [6, 6.07) is 3.49. The molecule has 0 bridgehead atoms. The van der Waals surface area contributed by atoms with Crippen molar-refractivity contribution in [2.75, 3.05) is 0 Å². The molecule has 0 atom stereocenters. The molecule has 0 aliphatic rings. The Labute approximate surface area is 85.7 Å². The Morgan fingerprint density at radius 3 is 3.07 bits per heavy atom. The predicted octanol–water partition coefficient (Wildman–Crippen LogP) is 1.61. The quantitative estimate of drug-likeness (QED) is 0.799. The average molecular weight is 206 g/mol. The second-order valence-corrected chi connectivity index (χ2v) is 3.22. The molecule has 0 aliphatic carbocycles. The number of H-pyrrole nitrogens is 1. The van der Waals surface area contributed by atoms with E-state index in [9.17, 15) is 4.79 Å². The summed E-state index contributed by atoms with van der Waals surface area (Å²) in [4.78, 5) is 10.7. The summed E-state index contributed by atoms with van der Waals surface area (Å²) in [6.45, 7) is 1.79. The molecule has 0 unspecified atom stereocenters. The van der Waals surface area contributed by atoms with Crippen molar-refractivity contribution in [2.24, 2.45) is 0 Å². The third kappa shape index (κ3) is 1.76. The Hall–Kier alpha value is -2.04. The zero-order chi connectivity index (χ0) is 10.8. The molecule has 0 radical (unpaired) electrons. The molecule has 0 saturated heterocycles. The molecule has 78 valence electrons. The van der Waals surface area contributed by atoms with Crippen LogP contribution in [0.2, 0.25) is 0 Å². The molecule has 0 fully saturated rings. The molecule has 5 nitrogen and oxygen atoms in total. The summed E-state index contributed by atoms with van der Waals surface area (Å²) in [5.41, 5.74) is 1.99. The van der Waals surface area contributed by atoms with Crippen molar-refractivity contribution in [1.29, 1.82) is 0 Å². The van der Waals surface area contributed by atoms with Gasteiger partial charge in [0.1, 0.15) is 5.69 Å². The van der Waals surface area contributed by atoms with Gasteiger partial charge in [0, 0.05) is 11.3 Å². The molecule has 15 heavy (non-hydrogen) atoms. The third-order valence-electron chi connectivity index (χ3n) is 2.16. The van der Waals surface area contributed by atoms with Gasteiger partial charge in [0.2, 0.25) is 0 Å². The number of aromatic amines is 1. The largest absolute Gasteiger partial charge is 0.481 e. The van der Waals surface area contributed by atoms with Crippen molar-refractivity contribution in [3.8, 4) is 11.5 Å². The van der Waals surface area contributed by atoms with Crippen molar-refractivity contribution in [3.05, 3.63) is 29.7 Å². The van der Waals surface area contributed by atoms with Gasteiger partial charge in [-0.05, 0) is 19.1 Å². The maximum absolute atomic E-state index is 10.7. The molecule has 0 aromatic carbocycles. The predicted molar refractivity (Wildman–Crippen MR) is 52.4 cm³/mol. The van der Waals surface area contributed by atoms with E-state index in [1.165, 1.54) is 6.26 Å². The van der Waals surface area contributed by atoms with E-state index < -0.39 is 5.97 Å². The molecule has 2 aromatic heterocycles. The number of aryl methyl sites for hydroxylation is 1. The van der Waals surface area contributed by atoms with Crippen molar-refractivity contribution in [1.82, 2.24) is 10.2 Å². The van der Waals surface area contributed by atoms with Crippen LogP contribution in [-0.2, 0) is 11.2 Å². The number of furan rings is 1. The van der Waals surface area contributed by atoms with Crippen LogP contribution in [-0.4, -0.2) is 21.3 Å². The molecule has 2 aromatic rings. The van der Waals surface area contributed by atoms with Crippen LogP contribution in [0.1, 0.15) is 11.3 Å². The number of nitrogens with zero attached hydrogens (tertiary/aromatic N) is 1. The molecule has 5 heteroatoms. The standard InChI is InChI=1S/C10H10N2O3/c1-6-7(5-9(13)14)10(12-11-6)8-3-2-4-15-8/h2-4H,5H2,1H3,(H,11,12)(H,13,14). The molecule has 2 rings (SSSR count). The smallest absolute Gasteiger partial charge is 0.307 e. The van der Waals surface area contributed by atoms with Gasteiger partial charge in [-0.1, -0.05) is 0 Å². The minimum atomic E-state index is -0.882. The van der Waals surface area contributed by atoms with Gasteiger partial charge < -0.3 is 9.52 Å². The Kier molecular flexibility index (Phi) is 2.29. The van der Waals surface area contributed by atoms with E-state index >= 15 is 0 Å². The molecular weight excluding hydrogens is 196 g/mol. The first-order chi connectivity index (χ1) is 7.18. The van der Waals surface area contributed by atoms with Gasteiger partial charge in [0.05, 0.1) is 12.7 Å². The lowest BCUT2D eigenvalue weighted by Crippen LogP contribution is -2.01. The second kappa shape index (κ2) is 3.61. The van der Waals surface area contributed by atoms with E-state index in [0.717, 1.165) is 5.69 Å². The lowest BCUT2D eigenvalue weighted by molar-refractivity contribution is -0.136. The first kappa shape index (κ1) is 9.51. The summed E-state index contributed by atoms with van der Waals surface area (Å²) in [7, 11) is 0. The number of aliphatic carboxylic acids is 1. The molecule has 0 amide bonds. The zero-order valence-corrected chi connectivity index (χ0v) is 8.15. The Morgan fingerprint density at radius 1 is 1.67 bits per heavy atom. The number of aromatic nitrogens is 2. The highest BCUT2D eigenvalue weighted by Gasteiger charge is 2.16. The van der Waals surface area contributed by atoms with Gasteiger partial charge in [-0.3, -0.25) is 9.89 Å². The lowest BCUT2D eigenvalue weighted by Gasteiger charge is -1.97. The maximum Gasteiger partial charge on any atom is 0.307 e. The molecule has 0 aliphatic heterocycles. The monoisotopic (exact) mass is 206 g/mol. The number of carboxylic acid groups (broad SMARTS) is 1. The summed E-state index contributed by atoms with van der Waals surface area (Å²) in [6.07, 6.45) is 1.47. The number of carboxylic acids is 1.